The van der Waals surface area contributed by atoms with Gasteiger partial charge in [0.15, 0.2) is 0 Å². The van der Waals surface area contributed by atoms with E-state index in [0.717, 1.165) is 30.4 Å². The minimum absolute atomic E-state index is 0.123. The minimum atomic E-state index is -0.216. The van der Waals surface area contributed by atoms with E-state index in [9.17, 15) is 4.79 Å². The van der Waals surface area contributed by atoms with Crippen LogP contribution in [-0.4, -0.2) is 18.2 Å². The Kier molecular flexibility index (Phi) is 6.80. The highest BCUT2D eigenvalue weighted by Crippen LogP contribution is 2.32. The zero-order valence-corrected chi connectivity index (χ0v) is 17.0. The summed E-state index contributed by atoms with van der Waals surface area (Å²) in [6.45, 7) is 1.98. The van der Waals surface area contributed by atoms with Crippen LogP contribution in [0.1, 0.15) is 12.5 Å². The Labute approximate surface area is 160 Å². The summed E-state index contributed by atoms with van der Waals surface area (Å²) in [7, 11) is 0. The summed E-state index contributed by atoms with van der Waals surface area (Å²) < 4.78 is 2.70. The van der Waals surface area contributed by atoms with Gasteiger partial charge in [-0.05, 0) is 72.4 Å². The Bertz CT molecular complexity index is 733. The molecule has 4 nitrogen and oxygen atoms in total. The van der Waals surface area contributed by atoms with E-state index in [1.54, 1.807) is 0 Å². The van der Waals surface area contributed by atoms with Crippen LogP contribution in [0.3, 0.4) is 0 Å². The lowest BCUT2D eigenvalue weighted by atomic mass is 10.1. The average Bonchev–Trinajstić information content (AvgIpc) is 2.55. The van der Waals surface area contributed by atoms with Crippen LogP contribution in [0.2, 0.25) is 0 Å². The summed E-state index contributed by atoms with van der Waals surface area (Å²) in [6.07, 6.45) is 0. The molecule has 2 aromatic rings. The Balaban J connectivity index is 1.92. The zero-order valence-electron chi connectivity index (χ0n) is 12.2. The van der Waals surface area contributed by atoms with Crippen molar-refractivity contribution in [2.75, 3.05) is 11.9 Å². The highest BCUT2D eigenvalue weighted by atomic mass is 79.9. The molecule has 0 aliphatic heterocycles. The van der Waals surface area contributed by atoms with E-state index < -0.39 is 0 Å². The van der Waals surface area contributed by atoms with Crippen LogP contribution < -0.4 is 10.7 Å². The van der Waals surface area contributed by atoms with Gasteiger partial charge in [0.05, 0.1) is 17.9 Å². The molecule has 1 amide bonds. The van der Waals surface area contributed by atoms with Gasteiger partial charge in [-0.15, -0.1) is 0 Å². The van der Waals surface area contributed by atoms with Gasteiger partial charge >= 0.3 is 0 Å². The second kappa shape index (κ2) is 8.61. The van der Waals surface area contributed by atoms with Gasteiger partial charge in [-0.1, -0.05) is 30.3 Å². The van der Waals surface area contributed by atoms with Crippen molar-refractivity contribution in [1.82, 2.24) is 5.43 Å². The summed E-state index contributed by atoms with van der Waals surface area (Å²) in [5.41, 5.74) is 5.09. The first-order valence-electron chi connectivity index (χ1n) is 6.74. The average molecular weight is 504 g/mol. The molecule has 0 spiro atoms. The van der Waals surface area contributed by atoms with Crippen molar-refractivity contribution in [2.45, 2.75) is 6.92 Å². The molecule has 2 aromatic carbocycles. The third-order valence-electron chi connectivity index (χ3n) is 2.99. The lowest BCUT2D eigenvalue weighted by molar-refractivity contribution is -0.119. The van der Waals surface area contributed by atoms with Crippen molar-refractivity contribution in [2.24, 2.45) is 5.10 Å². The molecular formula is C16H14Br3N3O. The van der Waals surface area contributed by atoms with Gasteiger partial charge in [0, 0.05) is 13.4 Å². The number of hydrogen-bond donors (Lipinski definition) is 2. The van der Waals surface area contributed by atoms with Crippen molar-refractivity contribution in [3.8, 4) is 0 Å². The molecule has 7 heteroatoms. The van der Waals surface area contributed by atoms with Crippen LogP contribution in [0.15, 0.2) is 61.0 Å². The first-order valence-corrected chi connectivity index (χ1v) is 9.12. The van der Waals surface area contributed by atoms with Crippen molar-refractivity contribution in [3.63, 3.8) is 0 Å². The molecule has 2 N–H and O–H groups in total. The molecule has 0 saturated carbocycles. The van der Waals surface area contributed by atoms with Crippen molar-refractivity contribution in [3.05, 3.63) is 61.4 Å². The van der Waals surface area contributed by atoms with Gasteiger partial charge in [-0.25, -0.2) is 5.43 Å². The molecule has 0 aliphatic carbocycles. The molecule has 0 atom stereocenters. The maximum atomic E-state index is 11.9. The van der Waals surface area contributed by atoms with Gasteiger partial charge in [0.25, 0.3) is 5.91 Å². The molecule has 120 valence electrons. The molecule has 0 unspecified atom stereocenters. The van der Waals surface area contributed by atoms with Crippen molar-refractivity contribution < 1.29 is 4.79 Å². The molecule has 0 saturated heterocycles. The smallest absolute Gasteiger partial charge is 0.259 e. The number of amides is 1. The van der Waals surface area contributed by atoms with Gasteiger partial charge < -0.3 is 5.32 Å². The quantitative estimate of drug-likeness (QED) is 0.345. The Morgan fingerprint density at radius 2 is 1.70 bits per heavy atom. The fourth-order valence-corrected chi connectivity index (χ4v) is 3.24. The van der Waals surface area contributed by atoms with Gasteiger partial charge in [0.1, 0.15) is 0 Å². The number of halogens is 3. The fraction of sp³-hybridized carbons (Fsp3) is 0.125. The van der Waals surface area contributed by atoms with E-state index in [1.807, 2.05) is 49.4 Å². The number of carbonyl (C=O) groups excluding carboxylic acids is 1. The van der Waals surface area contributed by atoms with Crippen LogP contribution in [0.25, 0.3) is 0 Å². The standard InChI is InChI=1S/C16H14Br3N3O/c1-10(11-5-3-2-4-6-11)21-22-16(23)9-20-15-8-13(18)12(17)7-14(15)19/h2-8,20H,9H2,1H3,(H,22,23). The molecule has 0 aliphatic rings. The minimum Gasteiger partial charge on any atom is -0.375 e. The zero-order chi connectivity index (χ0) is 16.8. The van der Waals surface area contributed by atoms with Crippen LogP contribution in [0, 0.1) is 0 Å². The summed E-state index contributed by atoms with van der Waals surface area (Å²) in [4.78, 5) is 11.9. The van der Waals surface area contributed by atoms with E-state index >= 15 is 0 Å². The maximum absolute atomic E-state index is 11.9. The van der Waals surface area contributed by atoms with Gasteiger partial charge in [-0.3, -0.25) is 4.79 Å². The molecule has 2 rings (SSSR count). The van der Waals surface area contributed by atoms with Crippen LogP contribution in [-0.2, 0) is 4.79 Å². The molecule has 0 aromatic heterocycles. The van der Waals surface area contributed by atoms with E-state index in [0.29, 0.717) is 0 Å². The Morgan fingerprint density at radius 3 is 2.39 bits per heavy atom. The van der Waals surface area contributed by atoms with E-state index in [2.05, 4.69) is 63.6 Å². The lowest BCUT2D eigenvalue weighted by Crippen LogP contribution is -2.26. The second-order valence-corrected chi connectivity index (χ2v) is 7.26. The summed E-state index contributed by atoms with van der Waals surface area (Å²) in [5.74, 6) is -0.216. The largest absolute Gasteiger partial charge is 0.375 e. The van der Waals surface area contributed by atoms with Crippen LogP contribution in [0.5, 0.6) is 0 Å². The monoisotopic (exact) mass is 501 g/mol. The number of benzene rings is 2. The van der Waals surface area contributed by atoms with Gasteiger partial charge in [-0.2, -0.15) is 5.10 Å². The van der Waals surface area contributed by atoms with Gasteiger partial charge in [0.2, 0.25) is 0 Å². The van der Waals surface area contributed by atoms with E-state index in [4.69, 9.17) is 0 Å². The van der Waals surface area contributed by atoms with Crippen molar-refractivity contribution >= 4 is 65.1 Å². The van der Waals surface area contributed by atoms with Crippen molar-refractivity contribution in [1.29, 1.82) is 0 Å². The Morgan fingerprint density at radius 1 is 1.04 bits per heavy atom. The highest BCUT2D eigenvalue weighted by molar-refractivity contribution is 9.13. The number of hydrogen-bond acceptors (Lipinski definition) is 3. The summed E-state index contributed by atoms with van der Waals surface area (Å²) in [6, 6.07) is 13.5. The third kappa shape index (κ3) is 5.44. The number of nitrogens with one attached hydrogen (secondary N) is 2. The molecule has 0 heterocycles. The maximum Gasteiger partial charge on any atom is 0.259 e. The summed E-state index contributed by atoms with van der Waals surface area (Å²) in [5, 5.41) is 7.17. The molecule has 23 heavy (non-hydrogen) atoms. The molecule has 0 radical (unpaired) electrons. The molecule has 0 fully saturated rings. The van der Waals surface area contributed by atoms with Crippen LogP contribution in [0.4, 0.5) is 5.69 Å². The number of carbonyl (C=O) groups is 1. The molecular weight excluding hydrogens is 490 g/mol. The second-order valence-electron chi connectivity index (χ2n) is 4.70. The van der Waals surface area contributed by atoms with Crippen LogP contribution >= 0.6 is 47.8 Å². The number of rotatable bonds is 5. The number of hydrazone groups is 1. The predicted molar refractivity (Wildman–Crippen MR) is 105 cm³/mol. The fourth-order valence-electron chi connectivity index (χ4n) is 1.76. The lowest BCUT2D eigenvalue weighted by Gasteiger charge is -2.09. The third-order valence-corrected chi connectivity index (χ3v) is 5.49. The molecule has 0 bridgehead atoms. The SMILES string of the molecule is CC(=NNC(=O)CNc1cc(Br)c(Br)cc1Br)c1ccccc1. The Hall–Kier alpha value is -1.18. The summed E-state index contributed by atoms with van der Waals surface area (Å²) >= 11 is 10.3. The highest BCUT2D eigenvalue weighted by Gasteiger charge is 2.07. The predicted octanol–water partition coefficient (Wildman–Crippen LogP) is 4.93. The topological polar surface area (TPSA) is 53.5 Å². The first-order chi connectivity index (χ1) is 11.0. The van der Waals surface area contributed by atoms with E-state index in [-0.39, 0.29) is 12.5 Å². The normalized spacial score (nSPS) is 11.2. The number of anilines is 1. The van der Waals surface area contributed by atoms with E-state index in [1.165, 1.54) is 0 Å². The number of nitrogens with zero attached hydrogens (tertiary/aromatic N) is 1. The first kappa shape index (κ1) is 18.2.